The zero-order chi connectivity index (χ0) is 27.6. The molecule has 0 bridgehead atoms. The molecule has 206 valence electrons. The van der Waals surface area contributed by atoms with Crippen molar-refractivity contribution in [2.24, 2.45) is 0 Å². The molecular formula is C32H40N4O3. The monoisotopic (exact) mass is 528 g/mol. The predicted molar refractivity (Wildman–Crippen MR) is 154 cm³/mol. The molecule has 3 aromatic rings. The van der Waals surface area contributed by atoms with E-state index in [0.717, 1.165) is 49.6 Å². The number of hydrogen-bond donors (Lipinski definition) is 2. The maximum Gasteiger partial charge on any atom is 0.407 e. The molecule has 2 aromatic carbocycles. The Labute approximate surface area is 231 Å². The van der Waals surface area contributed by atoms with Crippen molar-refractivity contribution < 1.29 is 14.3 Å². The Kier molecular flexibility index (Phi) is 7.80. The van der Waals surface area contributed by atoms with Crippen LogP contribution < -0.4 is 15.4 Å². The standard InChI is InChI=1S/C32H40N4O3/c1-21-11-13-33-26(15-21)25-20-36-14-12-23-16-28(34-19-22-9-7-6-8-10-22)30(38-5)17-24(23)29(36)18-27(25)35-31(37)39-32(2,3)4/h6-11,13,15-17,25,27,29,34H,12,14,18-20H2,1-5H3,(H,35,37). The summed E-state index contributed by atoms with van der Waals surface area (Å²) in [6, 6.07) is 19.0. The molecule has 0 radical (unpaired) electrons. The summed E-state index contributed by atoms with van der Waals surface area (Å²) in [5.74, 6) is 0.912. The lowest BCUT2D eigenvalue weighted by atomic mass is 9.79. The van der Waals surface area contributed by atoms with Gasteiger partial charge in [0, 0.05) is 49.5 Å². The highest BCUT2D eigenvalue weighted by atomic mass is 16.6. The first-order valence-electron chi connectivity index (χ1n) is 13.8. The quantitative estimate of drug-likeness (QED) is 0.409. The SMILES string of the molecule is COc1cc2c(cc1NCc1ccccc1)CCN1CC(c3cc(C)ccn3)C(NC(=O)OC(C)(C)C)CC21. The second-order valence-corrected chi connectivity index (χ2v) is 11.7. The number of alkyl carbamates (subject to hydrolysis) is 1. The molecular weight excluding hydrogens is 488 g/mol. The number of carbonyl (C=O) groups is 1. The van der Waals surface area contributed by atoms with Crippen molar-refractivity contribution in [3.8, 4) is 5.75 Å². The zero-order valence-corrected chi connectivity index (χ0v) is 23.7. The second-order valence-electron chi connectivity index (χ2n) is 11.7. The zero-order valence-electron chi connectivity index (χ0n) is 23.7. The van der Waals surface area contributed by atoms with Crippen molar-refractivity contribution in [2.75, 3.05) is 25.5 Å². The van der Waals surface area contributed by atoms with Crippen LogP contribution in [0.25, 0.3) is 0 Å². The number of fused-ring (bicyclic) bond motifs is 3. The smallest absolute Gasteiger partial charge is 0.407 e. The fourth-order valence-corrected chi connectivity index (χ4v) is 5.84. The fraction of sp³-hybridized carbons (Fsp3) is 0.438. The van der Waals surface area contributed by atoms with E-state index in [9.17, 15) is 4.79 Å². The van der Waals surface area contributed by atoms with Crippen LogP contribution in [0, 0.1) is 6.92 Å². The van der Waals surface area contributed by atoms with Crippen molar-refractivity contribution in [3.63, 3.8) is 0 Å². The Morgan fingerprint density at radius 3 is 2.64 bits per heavy atom. The maximum absolute atomic E-state index is 12.9. The summed E-state index contributed by atoms with van der Waals surface area (Å²) < 4.78 is 11.5. The van der Waals surface area contributed by atoms with Crippen LogP contribution in [-0.2, 0) is 17.7 Å². The summed E-state index contributed by atoms with van der Waals surface area (Å²) in [7, 11) is 1.73. The molecule has 0 spiro atoms. The van der Waals surface area contributed by atoms with Gasteiger partial charge in [0.15, 0.2) is 0 Å². The molecule has 39 heavy (non-hydrogen) atoms. The minimum Gasteiger partial charge on any atom is -0.495 e. The predicted octanol–water partition coefficient (Wildman–Crippen LogP) is 5.99. The molecule has 2 aliphatic rings. The van der Waals surface area contributed by atoms with Crippen LogP contribution in [0.3, 0.4) is 0 Å². The van der Waals surface area contributed by atoms with E-state index in [1.165, 1.54) is 22.3 Å². The molecule has 5 rings (SSSR count). The lowest BCUT2D eigenvalue weighted by Gasteiger charge is -2.47. The number of aryl methyl sites for hydroxylation is 1. The Morgan fingerprint density at radius 1 is 1.13 bits per heavy atom. The normalized spacial score (nSPS) is 20.9. The number of methoxy groups -OCH3 is 1. The maximum atomic E-state index is 12.9. The van der Waals surface area contributed by atoms with E-state index in [2.05, 4.69) is 64.9 Å². The lowest BCUT2D eigenvalue weighted by Crippen LogP contribution is -2.53. The molecule has 1 aromatic heterocycles. The van der Waals surface area contributed by atoms with Crippen LogP contribution in [0.5, 0.6) is 5.75 Å². The molecule has 0 saturated carbocycles. The van der Waals surface area contributed by atoms with Crippen molar-refractivity contribution in [2.45, 2.75) is 70.7 Å². The molecule has 7 heteroatoms. The largest absolute Gasteiger partial charge is 0.495 e. The number of hydrogen-bond acceptors (Lipinski definition) is 6. The van der Waals surface area contributed by atoms with Gasteiger partial charge in [-0.1, -0.05) is 30.3 Å². The van der Waals surface area contributed by atoms with Gasteiger partial charge in [0.1, 0.15) is 11.4 Å². The van der Waals surface area contributed by atoms with Crippen LogP contribution in [0.2, 0.25) is 0 Å². The average molecular weight is 529 g/mol. The van der Waals surface area contributed by atoms with E-state index in [1.807, 2.05) is 39.1 Å². The summed E-state index contributed by atoms with van der Waals surface area (Å²) >= 11 is 0. The number of carbonyl (C=O) groups excluding carboxylic acids is 1. The highest BCUT2D eigenvalue weighted by molar-refractivity contribution is 5.68. The molecule has 1 fully saturated rings. The molecule has 7 nitrogen and oxygen atoms in total. The molecule has 2 N–H and O–H groups in total. The van der Waals surface area contributed by atoms with Gasteiger partial charge in [-0.15, -0.1) is 0 Å². The van der Waals surface area contributed by atoms with Crippen LogP contribution in [0.4, 0.5) is 10.5 Å². The van der Waals surface area contributed by atoms with E-state index in [1.54, 1.807) is 7.11 Å². The average Bonchev–Trinajstić information content (AvgIpc) is 2.90. The van der Waals surface area contributed by atoms with Gasteiger partial charge in [-0.05, 0) is 87.1 Å². The number of nitrogens with zero attached hydrogens (tertiary/aromatic N) is 2. The third kappa shape index (κ3) is 6.36. The first-order valence-corrected chi connectivity index (χ1v) is 13.8. The number of rotatable bonds is 6. The third-order valence-corrected chi connectivity index (χ3v) is 7.67. The highest BCUT2D eigenvalue weighted by Gasteiger charge is 2.41. The van der Waals surface area contributed by atoms with Gasteiger partial charge in [-0.25, -0.2) is 4.79 Å². The first kappa shape index (κ1) is 27.0. The molecule has 2 aliphatic heterocycles. The number of anilines is 1. The summed E-state index contributed by atoms with van der Waals surface area (Å²) in [6.07, 6.45) is 3.22. The summed E-state index contributed by atoms with van der Waals surface area (Å²) in [5.41, 5.74) is 6.46. The highest BCUT2D eigenvalue weighted by Crippen LogP contribution is 2.44. The minimum absolute atomic E-state index is 0.0731. The Morgan fingerprint density at radius 2 is 1.92 bits per heavy atom. The van der Waals surface area contributed by atoms with E-state index < -0.39 is 5.60 Å². The van der Waals surface area contributed by atoms with Crippen molar-refractivity contribution in [3.05, 3.63) is 88.7 Å². The number of benzene rings is 2. The van der Waals surface area contributed by atoms with Gasteiger partial charge in [0.2, 0.25) is 0 Å². The summed E-state index contributed by atoms with van der Waals surface area (Å²) in [6.45, 7) is 10.3. The lowest BCUT2D eigenvalue weighted by molar-refractivity contribution is 0.0411. The topological polar surface area (TPSA) is 75.7 Å². The fourth-order valence-electron chi connectivity index (χ4n) is 5.84. The van der Waals surface area contributed by atoms with Gasteiger partial charge >= 0.3 is 6.09 Å². The van der Waals surface area contributed by atoms with Crippen molar-refractivity contribution in [1.29, 1.82) is 0 Å². The Bertz CT molecular complexity index is 1300. The van der Waals surface area contributed by atoms with Crippen LogP contribution >= 0.6 is 0 Å². The number of amides is 1. The van der Waals surface area contributed by atoms with E-state index in [0.29, 0.717) is 0 Å². The molecule has 1 saturated heterocycles. The van der Waals surface area contributed by atoms with Gasteiger partial charge in [-0.2, -0.15) is 0 Å². The number of piperidine rings is 1. The second kappa shape index (κ2) is 11.3. The number of nitrogens with one attached hydrogen (secondary N) is 2. The van der Waals surface area contributed by atoms with Gasteiger partial charge in [0.25, 0.3) is 0 Å². The Hall–Kier alpha value is -3.58. The molecule has 3 atom stereocenters. The van der Waals surface area contributed by atoms with Gasteiger partial charge in [0.05, 0.1) is 12.8 Å². The van der Waals surface area contributed by atoms with Crippen LogP contribution in [-0.4, -0.2) is 47.8 Å². The van der Waals surface area contributed by atoms with Crippen LogP contribution in [0.15, 0.2) is 60.8 Å². The van der Waals surface area contributed by atoms with Gasteiger partial charge in [-0.3, -0.25) is 9.88 Å². The molecule has 1 amide bonds. The van der Waals surface area contributed by atoms with Crippen molar-refractivity contribution in [1.82, 2.24) is 15.2 Å². The van der Waals surface area contributed by atoms with E-state index in [-0.39, 0.29) is 24.1 Å². The molecule has 3 heterocycles. The van der Waals surface area contributed by atoms with Crippen LogP contribution in [0.1, 0.15) is 67.1 Å². The number of ether oxygens (including phenoxy) is 2. The summed E-state index contributed by atoms with van der Waals surface area (Å²) in [4.78, 5) is 20.2. The van der Waals surface area contributed by atoms with Crippen molar-refractivity contribution >= 4 is 11.8 Å². The summed E-state index contributed by atoms with van der Waals surface area (Å²) in [5, 5.41) is 6.79. The third-order valence-electron chi connectivity index (χ3n) is 7.67. The van der Waals surface area contributed by atoms with E-state index >= 15 is 0 Å². The van der Waals surface area contributed by atoms with Gasteiger partial charge < -0.3 is 20.1 Å². The molecule has 0 aliphatic carbocycles. The Balaban J connectivity index is 1.42. The first-order chi connectivity index (χ1) is 18.7. The number of pyridine rings is 1. The minimum atomic E-state index is -0.560. The number of aromatic nitrogens is 1. The molecule has 3 unspecified atom stereocenters. The van der Waals surface area contributed by atoms with E-state index in [4.69, 9.17) is 14.5 Å².